The summed E-state index contributed by atoms with van der Waals surface area (Å²) in [6.07, 6.45) is 7.18. The molecule has 0 aliphatic carbocycles. The Morgan fingerprint density at radius 2 is 1.72 bits per heavy atom. The van der Waals surface area contributed by atoms with Crippen LogP contribution in [0.2, 0.25) is 0 Å². The van der Waals surface area contributed by atoms with Crippen molar-refractivity contribution in [3.05, 3.63) is 60.8 Å². The highest BCUT2D eigenvalue weighted by Gasteiger charge is 2.53. The standard InChI is InChI=1S/C37H45N9O6S/c47-28(9-4-5-11-31-32-30(24-53-31)39-34(49)40-32)10-6-21-52-22-20-45-23-29(42-43-45)25-12-14-26(15-13-25)38-35(50)44-18-16-37(17-19-44)33(48)46(36(51)41-37)27-7-2-1-3-8-27/h1-3,7-8,12-15,23,30-32H,4-6,9-11,16-22,24H2,(H,38,50)(H,41,51)(H2,39,40,49)/t30-,31-,32-/m0/s1. The Morgan fingerprint density at radius 3 is 2.51 bits per heavy atom. The summed E-state index contributed by atoms with van der Waals surface area (Å²) in [5, 5.41) is 20.7. The zero-order valence-electron chi connectivity index (χ0n) is 29.5. The van der Waals surface area contributed by atoms with E-state index in [2.05, 4.69) is 31.6 Å². The van der Waals surface area contributed by atoms with Gasteiger partial charge in [0.15, 0.2) is 0 Å². The quantitative estimate of drug-likeness (QED) is 0.101. The predicted molar refractivity (Wildman–Crippen MR) is 199 cm³/mol. The number of carbonyl (C=O) groups is 5. The van der Waals surface area contributed by atoms with Crippen molar-refractivity contribution in [2.24, 2.45) is 0 Å². The Hall–Kier alpha value is -4.96. The van der Waals surface area contributed by atoms with Crippen LogP contribution < -0.4 is 26.2 Å². The van der Waals surface area contributed by atoms with Gasteiger partial charge in [0.2, 0.25) is 0 Å². The first-order chi connectivity index (χ1) is 25.8. The molecule has 53 heavy (non-hydrogen) atoms. The van der Waals surface area contributed by atoms with Crippen molar-refractivity contribution in [1.82, 2.24) is 35.8 Å². The van der Waals surface area contributed by atoms with Crippen LogP contribution in [-0.4, -0.2) is 105 Å². The molecule has 1 spiro atoms. The van der Waals surface area contributed by atoms with Gasteiger partial charge in [-0.1, -0.05) is 42.0 Å². The Kier molecular flexibility index (Phi) is 11.2. The fourth-order valence-electron chi connectivity index (χ4n) is 7.40. The molecule has 0 radical (unpaired) electrons. The molecule has 4 aliphatic heterocycles. The number of aromatic nitrogens is 3. The normalized spacial score (nSPS) is 21.7. The Morgan fingerprint density at radius 1 is 0.943 bits per heavy atom. The number of benzene rings is 2. The molecule has 4 saturated heterocycles. The number of nitrogens with zero attached hydrogens (tertiary/aromatic N) is 5. The summed E-state index contributed by atoms with van der Waals surface area (Å²) in [7, 11) is 0. The van der Waals surface area contributed by atoms with Gasteiger partial charge >= 0.3 is 18.1 Å². The van der Waals surface area contributed by atoms with Crippen LogP contribution in [-0.2, 0) is 20.9 Å². The van der Waals surface area contributed by atoms with Crippen LogP contribution in [0.4, 0.5) is 25.8 Å². The van der Waals surface area contributed by atoms with E-state index in [1.807, 2.05) is 36.2 Å². The molecular weight excluding hydrogens is 699 g/mol. The van der Waals surface area contributed by atoms with Crippen molar-refractivity contribution in [2.75, 3.05) is 42.3 Å². The number of fused-ring (bicyclic) bond motifs is 1. The van der Waals surface area contributed by atoms with Gasteiger partial charge in [-0.25, -0.2) is 24.0 Å². The maximum atomic E-state index is 13.3. The number of unbranched alkanes of at least 4 members (excludes halogenated alkanes) is 1. The second-order valence-electron chi connectivity index (χ2n) is 14.0. The number of amides is 7. The number of urea groups is 3. The minimum absolute atomic E-state index is 0.0637. The molecule has 1 aromatic heterocycles. The van der Waals surface area contributed by atoms with Crippen LogP contribution in [0.1, 0.15) is 51.4 Å². The molecule has 0 bridgehead atoms. The highest BCUT2D eigenvalue weighted by Crippen LogP contribution is 2.34. The Labute approximate surface area is 311 Å². The van der Waals surface area contributed by atoms with E-state index in [0.29, 0.717) is 87.3 Å². The van der Waals surface area contributed by atoms with Gasteiger partial charge in [-0.2, -0.15) is 11.8 Å². The number of thioether (sulfide) groups is 1. The third kappa shape index (κ3) is 8.49. The summed E-state index contributed by atoms with van der Waals surface area (Å²) in [5.74, 6) is 0.936. The molecule has 3 aromatic rings. The number of rotatable bonds is 15. The minimum atomic E-state index is -1.01. The third-order valence-corrected chi connectivity index (χ3v) is 11.9. The predicted octanol–water partition coefficient (Wildman–Crippen LogP) is 4.16. The van der Waals surface area contributed by atoms with E-state index >= 15 is 0 Å². The smallest absolute Gasteiger partial charge is 0.329 e. The lowest BCUT2D eigenvalue weighted by atomic mass is 9.87. The first-order valence-corrected chi connectivity index (χ1v) is 19.4. The number of hydrogen-bond donors (Lipinski definition) is 4. The zero-order valence-corrected chi connectivity index (χ0v) is 30.3. The maximum absolute atomic E-state index is 13.3. The van der Waals surface area contributed by atoms with E-state index in [1.165, 1.54) is 4.90 Å². The molecule has 4 fully saturated rings. The molecule has 3 atom stereocenters. The number of nitrogens with one attached hydrogen (secondary N) is 4. The number of ether oxygens (including phenoxy) is 1. The van der Waals surface area contributed by atoms with Crippen molar-refractivity contribution in [1.29, 1.82) is 0 Å². The van der Waals surface area contributed by atoms with Gasteiger partial charge in [0.05, 0.1) is 37.1 Å². The number of ketones is 1. The molecule has 16 heteroatoms. The number of likely N-dealkylation sites (tertiary alicyclic amines) is 1. The summed E-state index contributed by atoms with van der Waals surface area (Å²) >= 11 is 1.90. The molecule has 5 heterocycles. The fourth-order valence-corrected chi connectivity index (χ4v) is 8.94. The van der Waals surface area contributed by atoms with E-state index in [-0.39, 0.29) is 35.8 Å². The number of para-hydroxylation sites is 1. The van der Waals surface area contributed by atoms with Crippen LogP contribution >= 0.6 is 11.8 Å². The molecule has 0 unspecified atom stereocenters. The molecule has 4 N–H and O–H groups in total. The summed E-state index contributed by atoms with van der Waals surface area (Å²) in [5.41, 5.74) is 1.68. The van der Waals surface area contributed by atoms with Crippen LogP contribution in [0.25, 0.3) is 11.3 Å². The second-order valence-corrected chi connectivity index (χ2v) is 15.2. The summed E-state index contributed by atoms with van der Waals surface area (Å²) < 4.78 is 7.46. The number of hydrogen-bond acceptors (Lipinski definition) is 9. The molecule has 4 aliphatic rings. The number of anilines is 2. The van der Waals surface area contributed by atoms with E-state index in [1.54, 1.807) is 46.0 Å². The number of piperidine rings is 1. The first-order valence-electron chi connectivity index (χ1n) is 18.3. The highest BCUT2D eigenvalue weighted by molar-refractivity contribution is 8.00. The van der Waals surface area contributed by atoms with Crippen molar-refractivity contribution < 1.29 is 28.7 Å². The van der Waals surface area contributed by atoms with Crippen LogP contribution in [0.15, 0.2) is 60.8 Å². The largest absolute Gasteiger partial charge is 0.380 e. The van der Waals surface area contributed by atoms with Crippen molar-refractivity contribution >= 4 is 52.9 Å². The lowest BCUT2D eigenvalue weighted by Gasteiger charge is -2.37. The topological polar surface area (TPSA) is 180 Å². The Bertz CT molecular complexity index is 1800. The zero-order chi connectivity index (χ0) is 36.8. The van der Waals surface area contributed by atoms with E-state index in [0.717, 1.165) is 30.6 Å². The Balaban J connectivity index is 0.764. The highest BCUT2D eigenvalue weighted by atomic mass is 32.2. The molecule has 280 valence electrons. The number of Topliss-reactive ketones (excluding diaryl/α,β-unsaturated/α-hetero) is 1. The summed E-state index contributed by atoms with van der Waals surface area (Å²) in [6, 6.07) is 15.9. The molecule has 7 amide bonds. The van der Waals surface area contributed by atoms with Crippen LogP contribution in [0, 0.1) is 0 Å². The van der Waals surface area contributed by atoms with Gasteiger partial charge in [0.25, 0.3) is 5.91 Å². The van der Waals surface area contributed by atoms with E-state index in [4.69, 9.17) is 4.74 Å². The van der Waals surface area contributed by atoms with E-state index < -0.39 is 11.6 Å². The average Bonchev–Trinajstić information content (AvgIpc) is 3.93. The molecule has 7 rings (SSSR count). The first kappa shape index (κ1) is 36.4. The fraction of sp³-hybridized carbons (Fsp3) is 0.486. The SMILES string of the molecule is O=C(CCCC[C@@H]1SC[C@@H]2NC(=O)N[C@@H]21)CCCOCCn1cc(-c2ccc(NC(=O)N3CCC4(CC3)NC(=O)N(c3ccccc3)C4=O)cc2)nn1. The average molecular weight is 744 g/mol. The lowest BCUT2D eigenvalue weighted by molar-refractivity contribution is -0.123. The second kappa shape index (κ2) is 16.4. The molecular formula is C37H45N9O6S. The molecule has 2 aromatic carbocycles. The molecule has 0 saturated carbocycles. The van der Waals surface area contributed by atoms with Crippen LogP contribution in [0.5, 0.6) is 0 Å². The van der Waals surface area contributed by atoms with Gasteiger partial charge in [-0.3, -0.25) is 9.59 Å². The van der Waals surface area contributed by atoms with Gasteiger partial charge in [0.1, 0.15) is 17.0 Å². The van der Waals surface area contributed by atoms with E-state index in [9.17, 15) is 24.0 Å². The maximum Gasteiger partial charge on any atom is 0.329 e. The monoisotopic (exact) mass is 743 g/mol. The summed E-state index contributed by atoms with van der Waals surface area (Å²) in [6.45, 7) is 2.15. The van der Waals surface area contributed by atoms with Gasteiger partial charge in [0, 0.05) is 54.8 Å². The van der Waals surface area contributed by atoms with Crippen molar-refractivity contribution in [3.8, 4) is 11.3 Å². The summed E-state index contributed by atoms with van der Waals surface area (Å²) in [4.78, 5) is 65.7. The molecule has 15 nitrogen and oxygen atoms in total. The van der Waals surface area contributed by atoms with Gasteiger partial charge < -0.3 is 30.9 Å². The van der Waals surface area contributed by atoms with Crippen molar-refractivity contribution in [3.63, 3.8) is 0 Å². The van der Waals surface area contributed by atoms with Gasteiger partial charge in [-0.15, -0.1) is 5.10 Å². The third-order valence-electron chi connectivity index (χ3n) is 10.4. The lowest BCUT2D eigenvalue weighted by Crippen LogP contribution is -2.56. The number of carbonyl (C=O) groups excluding carboxylic acids is 5. The number of imide groups is 1. The van der Waals surface area contributed by atoms with Crippen LogP contribution in [0.3, 0.4) is 0 Å². The van der Waals surface area contributed by atoms with Gasteiger partial charge in [-0.05, 0) is 56.4 Å². The minimum Gasteiger partial charge on any atom is -0.380 e. The van der Waals surface area contributed by atoms with Crippen molar-refractivity contribution in [2.45, 2.75) is 80.8 Å².